The summed E-state index contributed by atoms with van der Waals surface area (Å²) in [5, 5.41) is 0.687. The van der Waals surface area contributed by atoms with Gasteiger partial charge >= 0.3 is 0 Å². The van der Waals surface area contributed by atoms with E-state index < -0.39 is 0 Å². The minimum atomic E-state index is 0. The van der Waals surface area contributed by atoms with Crippen molar-refractivity contribution in [2.75, 3.05) is 26.2 Å². The number of benzene rings is 2. The number of piperazine rings is 1. The molecule has 0 spiro atoms. The van der Waals surface area contributed by atoms with E-state index in [0.29, 0.717) is 22.9 Å². The van der Waals surface area contributed by atoms with Crippen molar-refractivity contribution in [2.45, 2.75) is 13.2 Å². The lowest BCUT2D eigenvalue weighted by Crippen LogP contribution is -2.48. The van der Waals surface area contributed by atoms with E-state index in [1.807, 2.05) is 78.0 Å². The Balaban J connectivity index is 0.00000272. The highest BCUT2D eigenvalue weighted by Crippen LogP contribution is 2.20. The van der Waals surface area contributed by atoms with Gasteiger partial charge in [0.1, 0.15) is 12.4 Å². The molecule has 2 aromatic carbocycles. The Morgan fingerprint density at radius 2 is 1.61 bits per heavy atom. The Kier molecular flexibility index (Phi) is 8.29. The first-order valence-electron chi connectivity index (χ1n) is 10.1. The number of rotatable bonds is 6. The fourth-order valence-corrected chi connectivity index (χ4v) is 3.70. The number of pyridine rings is 1. The molecule has 7 heteroatoms. The van der Waals surface area contributed by atoms with Gasteiger partial charge in [0.2, 0.25) is 0 Å². The third-order valence-electron chi connectivity index (χ3n) is 5.27. The lowest BCUT2D eigenvalue weighted by atomic mass is 10.1. The number of carbonyl (C=O) groups excluding carboxylic acids is 1. The SMILES string of the molecule is Cl.O=C(c1ccc(OCc2ccccc2Cl)cc1)N1CCN(Cc2ccncc2)CC1. The maximum Gasteiger partial charge on any atom is 0.253 e. The molecule has 1 fully saturated rings. The third-order valence-corrected chi connectivity index (χ3v) is 5.64. The predicted octanol–water partition coefficient (Wildman–Crippen LogP) is 4.69. The van der Waals surface area contributed by atoms with Gasteiger partial charge in [-0.05, 0) is 48.0 Å². The summed E-state index contributed by atoms with van der Waals surface area (Å²) in [5.74, 6) is 0.782. The number of amides is 1. The van der Waals surface area contributed by atoms with E-state index in [2.05, 4.69) is 9.88 Å². The van der Waals surface area contributed by atoms with Crippen LogP contribution in [-0.2, 0) is 13.2 Å². The Morgan fingerprint density at radius 1 is 0.935 bits per heavy atom. The van der Waals surface area contributed by atoms with E-state index >= 15 is 0 Å². The molecular formula is C24H25Cl2N3O2. The van der Waals surface area contributed by atoms with E-state index in [1.165, 1.54) is 5.56 Å². The van der Waals surface area contributed by atoms with Crippen LogP contribution in [0.25, 0.3) is 0 Å². The van der Waals surface area contributed by atoms with Crippen molar-refractivity contribution in [2.24, 2.45) is 0 Å². The fourth-order valence-electron chi connectivity index (χ4n) is 3.51. The number of halogens is 2. The molecule has 0 bridgehead atoms. The molecule has 0 radical (unpaired) electrons. The number of hydrogen-bond donors (Lipinski definition) is 0. The molecule has 2 heterocycles. The fraction of sp³-hybridized carbons (Fsp3) is 0.250. The van der Waals surface area contributed by atoms with Crippen LogP contribution in [0.15, 0.2) is 73.1 Å². The van der Waals surface area contributed by atoms with Gasteiger partial charge in [0.05, 0.1) is 0 Å². The van der Waals surface area contributed by atoms with Crippen LogP contribution in [0.1, 0.15) is 21.5 Å². The molecule has 5 nitrogen and oxygen atoms in total. The summed E-state index contributed by atoms with van der Waals surface area (Å²) in [6.07, 6.45) is 3.63. The highest BCUT2D eigenvalue weighted by molar-refractivity contribution is 6.31. The minimum absolute atomic E-state index is 0. The standard InChI is InChI=1S/C24H24ClN3O2.ClH/c25-23-4-2-1-3-21(23)18-30-22-7-5-20(6-8-22)24(29)28-15-13-27(14-16-28)17-19-9-11-26-12-10-19;/h1-12H,13-18H2;1H. The lowest BCUT2D eigenvalue weighted by Gasteiger charge is -2.34. The predicted molar refractivity (Wildman–Crippen MR) is 125 cm³/mol. The Morgan fingerprint density at radius 3 is 2.29 bits per heavy atom. The number of nitrogens with zero attached hydrogens (tertiary/aromatic N) is 3. The van der Waals surface area contributed by atoms with Crippen molar-refractivity contribution in [3.8, 4) is 5.75 Å². The second-order valence-corrected chi connectivity index (χ2v) is 7.74. The second kappa shape index (κ2) is 11.1. The van der Waals surface area contributed by atoms with Gasteiger partial charge in [0.25, 0.3) is 5.91 Å². The average Bonchev–Trinajstić information content (AvgIpc) is 2.80. The highest BCUT2D eigenvalue weighted by atomic mass is 35.5. The molecule has 3 aromatic rings. The minimum Gasteiger partial charge on any atom is -0.489 e. The first-order chi connectivity index (χ1) is 14.7. The van der Waals surface area contributed by atoms with E-state index in [4.69, 9.17) is 16.3 Å². The normalized spacial score (nSPS) is 14.0. The van der Waals surface area contributed by atoms with Crippen LogP contribution in [0.3, 0.4) is 0 Å². The molecule has 162 valence electrons. The average molecular weight is 458 g/mol. The summed E-state index contributed by atoms with van der Waals surface area (Å²) < 4.78 is 5.80. The summed E-state index contributed by atoms with van der Waals surface area (Å²) >= 11 is 6.16. The molecule has 0 atom stereocenters. The number of hydrogen-bond acceptors (Lipinski definition) is 4. The third kappa shape index (κ3) is 6.20. The Hall–Kier alpha value is -2.60. The molecule has 1 saturated heterocycles. The molecule has 0 saturated carbocycles. The van der Waals surface area contributed by atoms with E-state index in [1.54, 1.807) is 0 Å². The van der Waals surface area contributed by atoms with E-state index in [0.717, 1.165) is 38.3 Å². The molecule has 0 N–H and O–H groups in total. The van der Waals surface area contributed by atoms with Crippen LogP contribution >= 0.6 is 24.0 Å². The van der Waals surface area contributed by atoms with Gasteiger partial charge in [-0.1, -0.05) is 29.8 Å². The van der Waals surface area contributed by atoms with E-state index in [9.17, 15) is 4.79 Å². The van der Waals surface area contributed by atoms with Crippen molar-refractivity contribution >= 4 is 29.9 Å². The van der Waals surface area contributed by atoms with Gasteiger partial charge in [0, 0.05) is 61.3 Å². The molecule has 1 aliphatic rings. The van der Waals surface area contributed by atoms with E-state index in [-0.39, 0.29) is 18.3 Å². The molecule has 0 unspecified atom stereocenters. The summed E-state index contributed by atoms with van der Waals surface area (Å²) in [5.41, 5.74) is 2.86. The summed E-state index contributed by atoms with van der Waals surface area (Å²) in [6.45, 7) is 4.48. The highest BCUT2D eigenvalue weighted by Gasteiger charge is 2.22. The number of ether oxygens (including phenoxy) is 1. The van der Waals surface area contributed by atoms with Crippen molar-refractivity contribution in [3.63, 3.8) is 0 Å². The van der Waals surface area contributed by atoms with Crippen molar-refractivity contribution in [3.05, 3.63) is 94.8 Å². The zero-order chi connectivity index (χ0) is 20.8. The first-order valence-corrected chi connectivity index (χ1v) is 10.4. The Labute approximate surface area is 194 Å². The van der Waals surface area contributed by atoms with Crippen LogP contribution in [-0.4, -0.2) is 46.9 Å². The van der Waals surface area contributed by atoms with Crippen LogP contribution in [0.4, 0.5) is 0 Å². The van der Waals surface area contributed by atoms with Crippen LogP contribution < -0.4 is 4.74 Å². The van der Waals surface area contributed by atoms with Gasteiger partial charge in [-0.2, -0.15) is 0 Å². The van der Waals surface area contributed by atoms with Gasteiger partial charge in [-0.15, -0.1) is 12.4 Å². The topological polar surface area (TPSA) is 45.7 Å². The molecule has 4 rings (SSSR count). The number of aromatic nitrogens is 1. The second-order valence-electron chi connectivity index (χ2n) is 7.33. The Bertz CT molecular complexity index is 976. The molecule has 0 aliphatic carbocycles. The van der Waals surface area contributed by atoms with Gasteiger partial charge in [-0.3, -0.25) is 14.7 Å². The summed E-state index contributed by atoms with van der Waals surface area (Å²) in [7, 11) is 0. The summed E-state index contributed by atoms with van der Waals surface area (Å²) in [6, 6.07) is 19.0. The monoisotopic (exact) mass is 457 g/mol. The van der Waals surface area contributed by atoms with Crippen molar-refractivity contribution in [1.29, 1.82) is 0 Å². The molecular weight excluding hydrogens is 433 g/mol. The van der Waals surface area contributed by atoms with Gasteiger partial charge < -0.3 is 9.64 Å². The molecule has 1 aliphatic heterocycles. The smallest absolute Gasteiger partial charge is 0.253 e. The zero-order valence-electron chi connectivity index (χ0n) is 17.1. The number of carbonyl (C=O) groups is 1. The van der Waals surface area contributed by atoms with Crippen LogP contribution in [0.5, 0.6) is 5.75 Å². The molecule has 1 aromatic heterocycles. The van der Waals surface area contributed by atoms with Crippen LogP contribution in [0, 0.1) is 0 Å². The van der Waals surface area contributed by atoms with Crippen molar-refractivity contribution < 1.29 is 9.53 Å². The lowest BCUT2D eigenvalue weighted by molar-refractivity contribution is 0.0628. The maximum atomic E-state index is 12.8. The van der Waals surface area contributed by atoms with Crippen LogP contribution in [0.2, 0.25) is 5.02 Å². The quantitative estimate of drug-likeness (QED) is 0.538. The maximum absolute atomic E-state index is 12.8. The van der Waals surface area contributed by atoms with Crippen molar-refractivity contribution in [1.82, 2.24) is 14.8 Å². The summed E-state index contributed by atoms with van der Waals surface area (Å²) in [4.78, 5) is 21.2. The molecule has 1 amide bonds. The van der Waals surface area contributed by atoms with Gasteiger partial charge in [0.15, 0.2) is 0 Å². The first kappa shape index (κ1) is 23.1. The van der Waals surface area contributed by atoms with Gasteiger partial charge in [-0.25, -0.2) is 0 Å². The zero-order valence-corrected chi connectivity index (χ0v) is 18.7. The molecule has 31 heavy (non-hydrogen) atoms. The largest absolute Gasteiger partial charge is 0.489 e.